The fraction of sp³-hybridized carbons (Fsp3) is 0.286. The summed E-state index contributed by atoms with van der Waals surface area (Å²) < 4.78 is 0. The Morgan fingerprint density at radius 1 is 0.652 bits per heavy atom. The first kappa shape index (κ1) is 30.6. The van der Waals surface area contributed by atoms with Crippen molar-refractivity contribution in [1.82, 2.24) is 0 Å². The second-order valence-electron chi connectivity index (χ2n) is 15.2. The summed E-state index contributed by atoms with van der Waals surface area (Å²) in [6.07, 6.45) is 5.32. The smallest absolute Gasteiger partial charge is 0.0904 e. The summed E-state index contributed by atoms with van der Waals surface area (Å²) >= 11 is 4.03. The Labute approximate surface area is 286 Å². The summed E-state index contributed by atoms with van der Waals surface area (Å²) in [5.41, 5.74) is 7.38. The molecule has 0 nitrogen and oxygen atoms in total. The van der Waals surface area contributed by atoms with E-state index in [0.717, 1.165) is 0 Å². The Morgan fingerprint density at radius 3 is 2.11 bits per heavy atom. The van der Waals surface area contributed by atoms with Gasteiger partial charge in [0.05, 0.1) is 0 Å². The third-order valence-electron chi connectivity index (χ3n) is 11.5. The Morgan fingerprint density at radius 2 is 1.30 bits per heavy atom. The van der Waals surface area contributed by atoms with Crippen LogP contribution in [0.3, 0.4) is 0 Å². The average Bonchev–Trinajstić information content (AvgIpc) is 3.59. The fourth-order valence-electron chi connectivity index (χ4n) is 8.56. The zero-order valence-corrected chi connectivity index (χ0v) is 31.7. The summed E-state index contributed by atoms with van der Waals surface area (Å²) in [4.78, 5) is 5.89. The molecule has 2 aliphatic heterocycles. The molecular weight excluding hydrogens is 625 g/mol. The van der Waals surface area contributed by atoms with Crippen LogP contribution in [0.15, 0.2) is 123 Å². The van der Waals surface area contributed by atoms with Crippen molar-refractivity contribution in [3.8, 4) is 11.1 Å². The maximum absolute atomic E-state index is 2.66. The van der Waals surface area contributed by atoms with Gasteiger partial charge in [-0.3, -0.25) is 0 Å². The summed E-state index contributed by atoms with van der Waals surface area (Å²) in [6, 6.07) is 40.4. The number of fused-ring (bicyclic) bond motifs is 4. The molecule has 5 aromatic carbocycles. The molecule has 46 heavy (non-hydrogen) atoms. The molecule has 2 heterocycles. The van der Waals surface area contributed by atoms with Crippen molar-refractivity contribution in [2.45, 2.75) is 96.6 Å². The zero-order chi connectivity index (χ0) is 31.8. The first-order valence-corrected chi connectivity index (χ1v) is 24.7. The van der Waals surface area contributed by atoms with Crippen LogP contribution in [0.2, 0.25) is 26.2 Å². The lowest BCUT2D eigenvalue weighted by Crippen LogP contribution is -2.61. The van der Waals surface area contributed by atoms with Crippen molar-refractivity contribution in [1.29, 1.82) is 0 Å². The van der Waals surface area contributed by atoms with Crippen molar-refractivity contribution in [3.63, 3.8) is 0 Å². The molecule has 0 radical (unpaired) electrons. The molecule has 0 unspecified atom stereocenters. The van der Waals surface area contributed by atoms with E-state index in [2.05, 4.69) is 143 Å². The van der Waals surface area contributed by atoms with Crippen molar-refractivity contribution >= 4 is 60.4 Å². The molecule has 0 saturated heterocycles. The molecule has 0 atom stereocenters. The minimum atomic E-state index is -2.07. The van der Waals surface area contributed by atoms with Gasteiger partial charge in [0.2, 0.25) is 0 Å². The molecule has 1 fully saturated rings. The largest absolute Gasteiger partial charge is 0.115 e. The molecule has 0 amide bonds. The zero-order valence-electron chi connectivity index (χ0n) is 28.0. The van der Waals surface area contributed by atoms with Gasteiger partial charge >= 0.3 is 0 Å². The van der Waals surface area contributed by atoms with E-state index in [-0.39, 0.29) is 5.41 Å². The summed E-state index contributed by atoms with van der Waals surface area (Å²) in [6.45, 7) is 15.1. The van der Waals surface area contributed by atoms with Gasteiger partial charge in [0.25, 0.3) is 0 Å². The lowest BCUT2D eigenvalue weighted by Gasteiger charge is -2.37. The molecule has 0 aromatic heterocycles. The highest BCUT2D eigenvalue weighted by molar-refractivity contribution is 8.00. The van der Waals surface area contributed by atoms with E-state index in [9.17, 15) is 0 Å². The summed E-state index contributed by atoms with van der Waals surface area (Å²) in [5.74, 6) is 0.655. The highest BCUT2D eigenvalue weighted by atomic mass is 32.2. The highest BCUT2D eigenvalue weighted by Gasteiger charge is 2.40. The predicted octanol–water partition coefficient (Wildman–Crippen LogP) is 9.91. The maximum atomic E-state index is 2.66. The van der Waals surface area contributed by atoms with E-state index in [4.69, 9.17) is 0 Å². The van der Waals surface area contributed by atoms with Gasteiger partial charge in [-0.25, -0.2) is 0 Å². The Hall–Kier alpha value is -2.77. The fourth-order valence-corrected chi connectivity index (χ4v) is 19.1. The third kappa shape index (κ3) is 4.70. The molecule has 0 spiro atoms. The van der Waals surface area contributed by atoms with Crippen molar-refractivity contribution in [3.05, 3.63) is 120 Å². The average molecular weight is 669 g/mol. The molecule has 8 rings (SSSR count). The second kappa shape index (κ2) is 11.2. The lowest BCUT2D eigenvalue weighted by molar-refractivity contribution is 0.608. The van der Waals surface area contributed by atoms with Crippen LogP contribution < -0.4 is 20.7 Å². The van der Waals surface area contributed by atoms with Gasteiger partial charge in [0.1, 0.15) is 16.1 Å². The predicted molar refractivity (Wildman–Crippen MR) is 206 cm³/mol. The Balaban J connectivity index is 1.30. The summed E-state index contributed by atoms with van der Waals surface area (Å²) in [7, 11) is -3.87. The van der Waals surface area contributed by atoms with E-state index < -0.39 is 16.1 Å². The van der Waals surface area contributed by atoms with Crippen molar-refractivity contribution in [2.24, 2.45) is 0 Å². The lowest BCUT2D eigenvalue weighted by atomic mass is 9.76. The molecule has 3 aliphatic rings. The van der Waals surface area contributed by atoms with E-state index in [1.807, 2.05) is 23.5 Å². The van der Waals surface area contributed by atoms with Crippen LogP contribution in [0.25, 0.3) is 11.1 Å². The molecule has 1 aliphatic carbocycles. The molecule has 4 heteroatoms. The van der Waals surface area contributed by atoms with Crippen LogP contribution in [-0.2, 0) is 5.41 Å². The standard InChI is InChI=1S/C42H44S2Si2/c1-42(2)33-18-9-10-20-35(33)43-40-31(17-13-19-34(40)42)32-27-29(25-26-30(32)28-15-7-8-16-28)45(3,4)38-23-14-24-39-41(38)44-36-21-11-12-22-37(36)46(39,5)6/h9-14,17-28H,7-8,15-16H2,1-6H3. The molecule has 0 bridgehead atoms. The van der Waals surface area contributed by atoms with E-state index in [0.29, 0.717) is 5.92 Å². The van der Waals surface area contributed by atoms with Crippen LogP contribution in [0.4, 0.5) is 0 Å². The van der Waals surface area contributed by atoms with Crippen LogP contribution in [0, 0.1) is 0 Å². The number of hydrogen-bond acceptors (Lipinski definition) is 2. The minimum absolute atomic E-state index is 0.0281. The quantitative estimate of drug-likeness (QED) is 0.175. The topological polar surface area (TPSA) is 0 Å². The monoisotopic (exact) mass is 668 g/mol. The first-order chi connectivity index (χ1) is 22.1. The van der Waals surface area contributed by atoms with Crippen LogP contribution in [0.5, 0.6) is 0 Å². The summed E-state index contributed by atoms with van der Waals surface area (Å²) in [5, 5.41) is 6.36. The van der Waals surface area contributed by atoms with Crippen LogP contribution >= 0.6 is 23.5 Å². The number of hydrogen-bond donors (Lipinski definition) is 0. The van der Waals surface area contributed by atoms with Gasteiger partial charge in [-0.2, -0.15) is 0 Å². The molecule has 5 aromatic rings. The van der Waals surface area contributed by atoms with Gasteiger partial charge in [-0.15, -0.1) is 0 Å². The van der Waals surface area contributed by atoms with E-state index >= 15 is 0 Å². The number of rotatable bonds is 4. The molecular formula is C42H44S2Si2. The van der Waals surface area contributed by atoms with Crippen LogP contribution in [0.1, 0.15) is 62.1 Å². The maximum Gasteiger partial charge on any atom is 0.115 e. The second-order valence-corrected chi connectivity index (χ2v) is 26.0. The van der Waals surface area contributed by atoms with Gasteiger partial charge < -0.3 is 0 Å². The van der Waals surface area contributed by atoms with E-state index in [1.54, 1.807) is 31.2 Å². The highest BCUT2D eigenvalue weighted by Crippen LogP contribution is 2.53. The molecule has 1 saturated carbocycles. The molecule has 0 N–H and O–H groups in total. The third-order valence-corrected chi connectivity index (χ3v) is 21.5. The van der Waals surface area contributed by atoms with Gasteiger partial charge in [-0.05, 0) is 74.3 Å². The normalized spacial score (nSPS) is 18.0. The Bertz CT molecular complexity index is 2000. The van der Waals surface area contributed by atoms with Crippen LogP contribution in [-0.4, -0.2) is 16.1 Å². The first-order valence-electron chi connectivity index (χ1n) is 17.1. The van der Waals surface area contributed by atoms with Crippen molar-refractivity contribution in [2.75, 3.05) is 0 Å². The van der Waals surface area contributed by atoms with Gasteiger partial charge in [0.15, 0.2) is 0 Å². The van der Waals surface area contributed by atoms with E-state index in [1.165, 1.54) is 62.6 Å². The van der Waals surface area contributed by atoms with Crippen molar-refractivity contribution < 1.29 is 0 Å². The Kier molecular flexibility index (Phi) is 7.41. The molecule has 232 valence electrons. The minimum Gasteiger partial charge on any atom is -0.0904 e. The SMILES string of the molecule is CC1(C)c2ccccc2Sc2c(-c3cc([Si](C)(C)c4cccc5c4Sc4ccccc4[Si]5(C)C)ccc3C3CCCC3)cccc21. The van der Waals surface area contributed by atoms with Gasteiger partial charge in [0, 0.05) is 25.0 Å². The number of benzene rings is 5. The van der Waals surface area contributed by atoms with Gasteiger partial charge in [-0.1, -0.05) is 173 Å².